The van der Waals surface area contributed by atoms with Gasteiger partial charge in [-0.05, 0) is 39.3 Å². The molecule has 0 fully saturated rings. The van der Waals surface area contributed by atoms with Crippen molar-refractivity contribution in [2.45, 2.75) is 33.7 Å². The molecule has 0 aliphatic heterocycles. The molecule has 1 aromatic rings. The maximum Gasteiger partial charge on any atom is 0.315 e. The van der Waals surface area contributed by atoms with Crippen molar-refractivity contribution in [3.05, 3.63) is 21.9 Å². The van der Waals surface area contributed by atoms with Gasteiger partial charge in [0.2, 0.25) is 0 Å². The molecule has 0 aromatic carbocycles. The van der Waals surface area contributed by atoms with E-state index in [0.29, 0.717) is 19.5 Å². The topological polar surface area (TPSA) is 78.4 Å². The molecule has 0 saturated heterocycles. The second kappa shape index (κ2) is 6.56. The van der Waals surface area contributed by atoms with Gasteiger partial charge in [0.05, 0.1) is 12.0 Å². The number of carboxylic acid groups (broad SMARTS) is 1. The number of amides is 2. The fourth-order valence-corrected chi connectivity index (χ4v) is 2.24. The van der Waals surface area contributed by atoms with Gasteiger partial charge in [0.1, 0.15) is 0 Å². The molecule has 0 aliphatic rings. The van der Waals surface area contributed by atoms with Crippen LogP contribution in [0.15, 0.2) is 12.1 Å². The Balaban J connectivity index is 2.23. The summed E-state index contributed by atoms with van der Waals surface area (Å²) in [6.45, 7) is 6.14. The summed E-state index contributed by atoms with van der Waals surface area (Å²) in [4.78, 5) is 24.7. The number of urea groups is 1. The Morgan fingerprint density at radius 1 is 1.32 bits per heavy atom. The van der Waals surface area contributed by atoms with E-state index in [0.717, 1.165) is 4.88 Å². The molecule has 106 valence electrons. The summed E-state index contributed by atoms with van der Waals surface area (Å²) in [7, 11) is 0. The molecular formula is C13H20N2O3S. The Morgan fingerprint density at radius 3 is 2.53 bits per heavy atom. The van der Waals surface area contributed by atoms with Crippen LogP contribution in [-0.4, -0.2) is 23.7 Å². The number of carboxylic acids is 1. The van der Waals surface area contributed by atoms with Crippen molar-refractivity contribution >= 4 is 23.3 Å². The van der Waals surface area contributed by atoms with E-state index in [2.05, 4.69) is 10.6 Å². The third-order valence-corrected chi connectivity index (χ3v) is 3.83. The molecule has 5 nitrogen and oxygen atoms in total. The lowest BCUT2D eigenvalue weighted by molar-refractivity contribution is -0.147. The van der Waals surface area contributed by atoms with Crippen molar-refractivity contribution in [2.24, 2.45) is 5.41 Å². The van der Waals surface area contributed by atoms with Crippen LogP contribution < -0.4 is 10.6 Å². The molecule has 1 rings (SSSR count). The second-order valence-corrected chi connectivity index (χ2v) is 6.43. The zero-order chi connectivity index (χ0) is 14.5. The van der Waals surface area contributed by atoms with Crippen LogP contribution in [0.2, 0.25) is 0 Å². The number of hydrogen-bond donors (Lipinski definition) is 3. The average molecular weight is 284 g/mol. The van der Waals surface area contributed by atoms with Crippen molar-refractivity contribution in [1.82, 2.24) is 10.6 Å². The molecule has 1 heterocycles. The van der Waals surface area contributed by atoms with E-state index in [4.69, 9.17) is 5.11 Å². The van der Waals surface area contributed by atoms with E-state index in [1.165, 1.54) is 4.88 Å². The van der Waals surface area contributed by atoms with Crippen LogP contribution in [0.3, 0.4) is 0 Å². The fourth-order valence-electron chi connectivity index (χ4n) is 1.41. The van der Waals surface area contributed by atoms with E-state index >= 15 is 0 Å². The molecule has 1 aromatic heterocycles. The largest absolute Gasteiger partial charge is 0.481 e. The lowest BCUT2D eigenvalue weighted by Crippen LogP contribution is -2.38. The van der Waals surface area contributed by atoms with Gasteiger partial charge in [-0.3, -0.25) is 4.79 Å². The first-order chi connectivity index (χ1) is 8.81. The van der Waals surface area contributed by atoms with Crippen LogP contribution >= 0.6 is 11.3 Å². The van der Waals surface area contributed by atoms with E-state index in [1.807, 2.05) is 19.1 Å². The third kappa shape index (κ3) is 5.30. The SMILES string of the molecule is Cc1ccc(CNC(=O)NCCC(C)(C)C(=O)O)s1. The smallest absolute Gasteiger partial charge is 0.315 e. The van der Waals surface area contributed by atoms with Crippen LogP contribution in [0.1, 0.15) is 30.0 Å². The molecule has 3 N–H and O–H groups in total. The van der Waals surface area contributed by atoms with Crippen LogP contribution in [-0.2, 0) is 11.3 Å². The number of rotatable bonds is 6. The number of nitrogens with one attached hydrogen (secondary N) is 2. The highest BCUT2D eigenvalue weighted by Crippen LogP contribution is 2.19. The maximum atomic E-state index is 11.5. The van der Waals surface area contributed by atoms with Gasteiger partial charge >= 0.3 is 12.0 Å². The van der Waals surface area contributed by atoms with Gasteiger partial charge in [-0.2, -0.15) is 0 Å². The summed E-state index contributed by atoms with van der Waals surface area (Å²) in [6.07, 6.45) is 0.397. The van der Waals surface area contributed by atoms with Gasteiger partial charge in [-0.15, -0.1) is 11.3 Å². The van der Waals surface area contributed by atoms with Crippen LogP contribution in [0.25, 0.3) is 0 Å². The first-order valence-corrected chi connectivity index (χ1v) is 6.93. The number of thiophene rings is 1. The summed E-state index contributed by atoms with van der Waals surface area (Å²) in [5, 5.41) is 14.3. The number of aryl methyl sites for hydroxylation is 1. The quantitative estimate of drug-likeness (QED) is 0.750. The summed E-state index contributed by atoms with van der Waals surface area (Å²) in [6, 6.07) is 3.72. The molecule has 0 atom stereocenters. The van der Waals surface area contributed by atoms with E-state index < -0.39 is 11.4 Å². The van der Waals surface area contributed by atoms with Gasteiger partial charge in [-0.25, -0.2) is 4.79 Å². The summed E-state index contributed by atoms with van der Waals surface area (Å²) in [5.74, 6) is -0.858. The Bertz CT molecular complexity index is 454. The minimum Gasteiger partial charge on any atom is -0.481 e. The zero-order valence-electron chi connectivity index (χ0n) is 11.4. The molecule has 0 bridgehead atoms. The lowest BCUT2D eigenvalue weighted by atomic mass is 9.90. The Labute approximate surface area is 117 Å². The second-order valence-electron chi connectivity index (χ2n) is 5.06. The fraction of sp³-hybridized carbons (Fsp3) is 0.538. The number of hydrogen-bond acceptors (Lipinski definition) is 3. The Kier molecular flexibility index (Phi) is 5.35. The highest BCUT2D eigenvalue weighted by molar-refractivity contribution is 7.11. The number of carbonyl (C=O) groups excluding carboxylic acids is 1. The maximum absolute atomic E-state index is 11.5. The predicted molar refractivity (Wildman–Crippen MR) is 75.3 cm³/mol. The van der Waals surface area contributed by atoms with Gasteiger partial charge in [0.15, 0.2) is 0 Å². The molecule has 0 radical (unpaired) electrons. The van der Waals surface area contributed by atoms with Crippen LogP contribution in [0.5, 0.6) is 0 Å². The normalized spacial score (nSPS) is 11.1. The Morgan fingerprint density at radius 2 is 2.00 bits per heavy atom. The Hall–Kier alpha value is -1.56. The third-order valence-electron chi connectivity index (χ3n) is 2.83. The van der Waals surface area contributed by atoms with Gasteiger partial charge < -0.3 is 15.7 Å². The molecule has 2 amide bonds. The lowest BCUT2D eigenvalue weighted by Gasteiger charge is -2.18. The summed E-state index contributed by atoms with van der Waals surface area (Å²) >= 11 is 1.64. The van der Waals surface area contributed by atoms with Crippen molar-refractivity contribution in [2.75, 3.05) is 6.54 Å². The van der Waals surface area contributed by atoms with Crippen molar-refractivity contribution < 1.29 is 14.7 Å². The van der Waals surface area contributed by atoms with Gasteiger partial charge in [-0.1, -0.05) is 0 Å². The first-order valence-electron chi connectivity index (χ1n) is 6.12. The molecule has 0 aliphatic carbocycles. The summed E-state index contributed by atoms with van der Waals surface area (Å²) < 4.78 is 0. The van der Waals surface area contributed by atoms with Gasteiger partial charge in [0.25, 0.3) is 0 Å². The minimum atomic E-state index is -0.858. The summed E-state index contributed by atoms with van der Waals surface area (Å²) in [5.41, 5.74) is -0.821. The molecule has 0 spiro atoms. The number of carbonyl (C=O) groups is 2. The van der Waals surface area contributed by atoms with Crippen molar-refractivity contribution in [1.29, 1.82) is 0 Å². The highest BCUT2D eigenvalue weighted by Gasteiger charge is 2.26. The average Bonchev–Trinajstić information content (AvgIpc) is 2.72. The first kappa shape index (κ1) is 15.5. The van der Waals surface area contributed by atoms with Crippen molar-refractivity contribution in [3.8, 4) is 0 Å². The molecule has 0 unspecified atom stereocenters. The van der Waals surface area contributed by atoms with Crippen molar-refractivity contribution in [3.63, 3.8) is 0 Å². The molecule has 0 saturated carbocycles. The molecule has 6 heteroatoms. The standard InChI is InChI=1S/C13H20N2O3S/c1-9-4-5-10(19-9)8-15-12(18)14-7-6-13(2,3)11(16)17/h4-5H,6-8H2,1-3H3,(H,16,17)(H2,14,15,18). The molecule has 19 heavy (non-hydrogen) atoms. The highest BCUT2D eigenvalue weighted by atomic mass is 32.1. The zero-order valence-corrected chi connectivity index (χ0v) is 12.3. The van der Waals surface area contributed by atoms with Gasteiger partial charge in [0, 0.05) is 16.3 Å². The predicted octanol–water partition coefficient (Wildman–Crippen LogP) is 2.36. The monoisotopic (exact) mass is 284 g/mol. The van der Waals surface area contributed by atoms with Crippen LogP contribution in [0, 0.1) is 12.3 Å². The van der Waals surface area contributed by atoms with E-state index in [1.54, 1.807) is 25.2 Å². The van der Waals surface area contributed by atoms with Crippen LogP contribution in [0.4, 0.5) is 4.79 Å². The van der Waals surface area contributed by atoms with E-state index in [9.17, 15) is 9.59 Å². The van der Waals surface area contributed by atoms with E-state index in [-0.39, 0.29) is 6.03 Å². The molecular weight excluding hydrogens is 264 g/mol. The minimum absolute atomic E-state index is 0.271. The number of aliphatic carboxylic acids is 1.